The molecule has 586 valence electrons. The summed E-state index contributed by atoms with van der Waals surface area (Å²) in [6.45, 7) is 0. The Kier molecular flexibility index (Phi) is 16.2. The Labute approximate surface area is 729 Å². The first-order valence-corrected chi connectivity index (χ1v) is 44.1. The first-order chi connectivity index (χ1) is 62.6. The normalized spacial score (nSPS) is 12.0. The van der Waals surface area contributed by atoms with Gasteiger partial charge >= 0.3 is 0 Å². The number of aromatic nitrogens is 4. The molecule has 0 atom stereocenters. The number of hydrogen-bond acceptors (Lipinski definition) is 2. The van der Waals surface area contributed by atoms with E-state index >= 15 is 0 Å². The van der Waals surface area contributed by atoms with E-state index in [9.17, 15) is 0 Å². The van der Waals surface area contributed by atoms with Gasteiger partial charge in [0, 0.05) is 86.0 Å². The maximum Gasteiger partial charge on any atom is 0.160 e. The van der Waals surface area contributed by atoms with Gasteiger partial charge in [-0.2, -0.15) is 0 Å². The molecule has 0 radical (unpaired) electrons. The molecule has 0 aliphatic heterocycles. The van der Waals surface area contributed by atoms with Crippen molar-refractivity contribution < 1.29 is 4.42 Å². The number of rotatable bonds is 13. The van der Waals surface area contributed by atoms with E-state index in [0.29, 0.717) is 0 Å². The van der Waals surface area contributed by atoms with Crippen molar-refractivity contribution in [3.05, 3.63) is 449 Å². The fourth-order valence-electron chi connectivity index (χ4n) is 21.0. The lowest BCUT2D eigenvalue weighted by Gasteiger charge is -2.17. The third-order valence-corrected chi connectivity index (χ3v) is 27.6. The summed E-state index contributed by atoms with van der Waals surface area (Å²) in [6, 6.07) is 166. The van der Waals surface area contributed by atoms with E-state index in [2.05, 4.69) is 467 Å². The highest BCUT2D eigenvalue weighted by atomic mass is 32.1. The van der Waals surface area contributed by atoms with Gasteiger partial charge in [-0.3, -0.25) is 0 Å². The van der Waals surface area contributed by atoms with Gasteiger partial charge in [-0.15, -0.1) is 11.3 Å². The second kappa shape index (κ2) is 28.6. The van der Waals surface area contributed by atoms with Crippen LogP contribution in [0.15, 0.2) is 453 Å². The van der Waals surface area contributed by atoms with Crippen molar-refractivity contribution in [3.8, 4) is 123 Å². The standard InChI is InChI=1S/C120H74N4OS/c1-4-31-75(32-5-1)83-39-10-12-43-89(83)96-66-68-109(119-116(96)100-49-20-27-60-113(100)125-119)122-104-55-23-16-45-91(104)94-64-61-81(73-111(94)122)87-50-30-59-108-115(87)99-48-19-26-58-107(99)121(108)102-53-21-15-42-86(102)80-38-28-37-78(71-80)79-63-70-114-101(72-79)117-97(90-44-13-11-40-84(90)76-33-6-2-7-34-76)67-69-110(120(117)126-114)123-105-56-24-17-46-92(105)95-65-62-82(74-112(95)123)88-51-29-52-98-93-47-18-25-57-106(93)124(118(88)98)103-54-22-14-41-85(103)77-35-8-3-9-36-77/h1-74H. The van der Waals surface area contributed by atoms with Crippen LogP contribution in [0.2, 0.25) is 0 Å². The van der Waals surface area contributed by atoms with Crippen LogP contribution in [0.1, 0.15) is 0 Å². The van der Waals surface area contributed by atoms with Gasteiger partial charge < -0.3 is 22.7 Å². The number of para-hydroxylation sites is 8. The molecule has 0 saturated carbocycles. The Morgan fingerprint density at radius 3 is 1.21 bits per heavy atom. The SMILES string of the molecule is c1ccc(-c2ccccc2-c2ccc(-n3c4ccccc4c4ccc(-c5cccc6c5c5ccccc5n6-c5ccccc5-c5cccc(-c6ccc7sc8c(-n9c%10ccccc%10c%10ccc(-c%11cccc%12c%13ccccc%13n(-c%13ccccc%13-c%13ccccc%13)c%11%12)cc%109)ccc(-c9ccccc9-c9ccccc9)c8c7c6)c5)cc43)c3oc4ccccc4c23)cc1. The Morgan fingerprint density at radius 2 is 0.563 bits per heavy atom. The Bertz CT molecular complexity index is 8980. The summed E-state index contributed by atoms with van der Waals surface area (Å²) in [4.78, 5) is 0. The third kappa shape index (κ3) is 11.0. The Balaban J connectivity index is 0.618. The molecule has 0 aliphatic rings. The summed E-state index contributed by atoms with van der Waals surface area (Å²) < 4.78 is 19.6. The van der Waals surface area contributed by atoms with E-state index in [0.717, 1.165) is 128 Å². The minimum Gasteiger partial charge on any atom is -0.454 e. The molecule has 0 spiro atoms. The van der Waals surface area contributed by atoms with Crippen molar-refractivity contribution in [3.63, 3.8) is 0 Å². The second-order valence-electron chi connectivity index (χ2n) is 33.2. The highest BCUT2D eigenvalue weighted by Crippen LogP contribution is 2.52. The summed E-state index contributed by atoms with van der Waals surface area (Å²) in [6.07, 6.45) is 0. The number of fused-ring (bicyclic) bond motifs is 18. The van der Waals surface area contributed by atoms with Crippen LogP contribution in [0.4, 0.5) is 0 Å². The molecule has 0 fully saturated rings. The first-order valence-electron chi connectivity index (χ1n) is 43.3. The van der Waals surface area contributed by atoms with E-state index in [1.54, 1.807) is 0 Å². The summed E-state index contributed by atoms with van der Waals surface area (Å²) in [5.41, 5.74) is 36.2. The molecule has 20 aromatic carbocycles. The minimum atomic E-state index is 0.848. The molecule has 26 aromatic rings. The summed E-state index contributed by atoms with van der Waals surface area (Å²) in [5, 5.41) is 14.2. The van der Waals surface area contributed by atoms with Crippen LogP contribution < -0.4 is 0 Å². The van der Waals surface area contributed by atoms with Gasteiger partial charge in [0.2, 0.25) is 0 Å². The summed E-state index contributed by atoms with van der Waals surface area (Å²) in [5.74, 6) is 0. The zero-order valence-electron chi connectivity index (χ0n) is 68.3. The average Bonchev–Trinajstić information content (AvgIpc) is 1.56. The molecule has 6 heterocycles. The Hall–Kier alpha value is -16.4. The smallest absolute Gasteiger partial charge is 0.160 e. The lowest BCUT2D eigenvalue weighted by Crippen LogP contribution is -1.98. The van der Waals surface area contributed by atoms with Crippen molar-refractivity contribution in [1.82, 2.24) is 18.3 Å². The predicted molar refractivity (Wildman–Crippen MR) is 533 cm³/mol. The van der Waals surface area contributed by atoms with Crippen molar-refractivity contribution in [2.45, 2.75) is 0 Å². The topological polar surface area (TPSA) is 32.9 Å². The molecule has 6 aromatic heterocycles. The quantitative estimate of drug-likeness (QED) is 0.113. The van der Waals surface area contributed by atoms with Gasteiger partial charge in [-0.25, -0.2) is 0 Å². The molecule has 5 nitrogen and oxygen atoms in total. The molecule has 6 heteroatoms. The number of furan rings is 1. The minimum absolute atomic E-state index is 0.848. The number of thiophene rings is 1. The fourth-order valence-corrected chi connectivity index (χ4v) is 22.2. The van der Waals surface area contributed by atoms with Gasteiger partial charge in [-0.1, -0.05) is 358 Å². The highest BCUT2D eigenvalue weighted by molar-refractivity contribution is 7.26. The van der Waals surface area contributed by atoms with Crippen LogP contribution in [-0.4, -0.2) is 18.3 Å². The third-order valence-electron chi connectivity index (χ3n) is 26.4. The lowest BCUT2D eigenvalue weighted by molar-refractivity contribution is 0.666. The van der Waals surface area contributed by atoms with Crippen molar-refractivity contribution in [2.75, 3.05) is 0 Å². The maximum atomic E-state index is 7.16. The van der Waals surface area contributed by atoms with Crippen LogP contribution in [0, 0.1) is 0 Å². The van der Waals surface area contributed by atoms with E-state index in [1.807, 2.05) is 11.3 Å². The average molecular weight is 1620 g/mol. The summed E-state index contributed by atoms with van der Waals surface area (Å²) >= 11 is 1.89. The molecule has 0 aliphatic carbocycles. The second-order valence-corrected chi connectivity index (χ2v) is 34.2. The van der Waals surface area contributed by atoms with E-state index in [1.165, 1.54) is 124 Å². The zero-order valence-corrected chi connectivity index (χ0v) is 69.1. The van der Waals surface area contributed by atoms with E-state index in [-0.39, 0.29) is 0 Å². The van der Waals surface area contributed by atoms with Gasteiger partial charge in [0.05, 0.1) is 71.6 Å². The molecule has 0 amide bonds. The van der Waals surface area contributed by atoms with Gasteiger partial charge in [0.25, 0.3) is 0 Å². The highest BCUT2D eigenvalue weighted by Gasteiger charge is 2.28. The van der Waals surface area contributed by atoms with Crippen molar-refractivity contribution in [1.29, 1.82) is 0 Å². The number of benzene rings is 20. The Morgan fingerprint density at radius 1 is 0.175 bits per heavy atom. The van der Waals surface area contributed by atoms with Crippen LogP contribution in [0.3, 0.4) is 0 Å². The van der Waals surface area contributed by atoms with Crippen molar-refractivity contribution in [2.24, 2.45) is 0 Å². The van der Waals surface area contributed by atoms with E-state index in [4.69, 9.17) is 4.42 Å². The number of hydrogen-bond donors (Lipinski definition) is 0. The summed E-state index contributed by atoms with van der Waals surface area (Å²) in [7, 11) is 0. The van der Waals surface area contributed by atoms with E-state index < -0.39 is 0 Å². The van der Waals surface area contributed by atoms with Crippen LogP contribution in [0.25, 0.3) is 252 Å². The maximum absolute atomic E-state index is 7.16. The van der Waals surface area contributed by atoms with Crippen LogP contribution >= 0.6 is 11.3 Å². The molecule has 0 N–H and O–H groups in total. The zero-order chi connectivity index (χ0) is 82.6. The molecular weight excluding hydrogens is 1550 g/mol. The molecule has 0 unspecified atom stereocenters. The molecule has 126 heavy (non-hydrogen) atoms. The predicted octanol–water partition coefficient (Wildman–Crippen LogP) is 33.3. The van der Waals surface area contributed by atoms with Gasteiger partial charge in [0.15, 0.2) is 5.58 Å². The largest absolute Gasteiger partial charge is 0.454 e. The van der Waals surface area contributed by atoms with Crippen molar-refractivity contribution >= 4 is 141 Å². The van der Waals surface area contributed by atoms with Crippen LogP contribution in [0.5, 0.6) is 0 Å². The first kappa shape index (κ1) is 71.4. The molecular formula is C120H74N4OS. The molecule has 0 saturated heterocycles. The monoisotopic (exact) mass is 1620 g/mol. The van der Waals surface area contributed by atoms with Gasteiger partial charge in [0.1, 0.15) is 5.58 Å². The molecule has 26 rings (SSSR count). The molecule has 0 bridgehead atoms. The fraction of sp³-hybridized carbons (Fsp3) is 0. The van der Waals surface area contributed by atoms with Crippen LogP contribution in [-0.2, 0) is 0 Å². The lowest BCUT2D eigenvalue weighted by atomic mass is 9.91. The number of nitrogens with zero attached hydrogens (tertiary/aromatic N) is 4. The van der Waals surface area contributed by atoms with Gasteiger partial charge in [-0.05, 0) is 174 Å².